The molecule has 7 heteroatoms. The Kier molecular flexibility index (Phi) is 7.57. The summed E-state index contributed by atoms with van der Waals surface area (Å²) in [6.45, 7) is 4.00. The fourth-order valence-electron chi connectivity index (χ4n) is 1.40. The number of aryl methyl sites for hydroxylation is 1. The van der Waals surface area contributed by atoms with Crippen LogP contribution in [-0.4, -0.2) is 44.5 Å². The normalized spacial score (nSPS) is 10.7. The molecule has 0 radical (unpaired) electrons. The van der Waals surface area contributed by atoms with Gasteiger partial charge in [-0.15, -0.1) is 11.3 Å². The van der Waals surface area contributed by atoms with Crippen LogP contribution in [0, 0.1) is 6.92 Å². The third-order valence-electron chi connectivity index (χ3n) is 2.30. The van der Waals surface area contributed by atoms with Crippen molar-refractivity contribution in [3.63, 3.8) is 0 Å². The lowest BCUT2D eigenvalue weighted by molar-refractivity contribution is 0.0292. The maximum Gasteiger partial charge on any atom is 0.350 e. The molecule has 1 aromatic heterocycles. The molecule has 0 aliphatic rings. The van der Waals surface area contributed by atoms with Gasteiger partial charge in [0, 0.05) is 26.9 Å². The molecule has 0 bridgehead atoms. The Hall–Kier alpha value is -1.02. The van der Waals surface area contributed by atoms with Crippen molar-refractivity contribution in [1.29, 1.82) is 0 Å². The van der Waals surface area contributed by atoms with Gasteiger partial charge in [0.05, 0.1) is 12.3 Å². The van der Waals surface area contributed by atoms with Crippen molar-refractivity contribution in [1.82, 2.24) is 4.98 Å². The van der Waals surface area contributed by atoms with Gasteiger partial charge in [-0.3, -0.25) is 0 Å². The summed E-state index contributed by atoms with van der Waals surface area (Å²) in [6, 6.07) is 0. The number of thiazole rings is 1. The predicted molar refractivity (Wildman–Crippen MR) is 72.3 cm³/mol. The molecule has 108 valence electrons. The summed E-state index contributed by atoms with van der Waals surface area (Å²) in [5.41, 5.74) is 6.14. The maximum atomic E-state index is 11.8. The minimum Gasteiger partial charge on any atom is -0.459 e. The lowest BCUT2D eigenvalue weighted by atomic mass is 10.4. The molecular formula is C12H20N2O4S. The fraction of sp³-hybridized carbons (Fsp3) is 0.667. The van der Waals surface area contributed by atoms with Crippen LogP contribution in [0.5, 0.6) is 0 Å². The van der Waals surface area contributed by atoms with E-state index in [0.717, 1.165) is 11.4 Å². The van der Waals surface area contributed by atoms with E-state index < -0.39 is 0 Å². The van der Waals surface area contributed by atoms with Crippen LogP contribution in [0.15, 0.2) is 0 Å². The van der Waals surface area contributed by atoms with Gasteiger partial charge in [-0.25, -0.2) is 9.78 Å². The Morgan fingerprint density at radius 2 is 2.11 bits per heavy atom. The number of aromatic nitrogens is 1. The van der Waals surface area contributed by atoms with E-state index in [1.54, 1.807) is 14.0 Å². The van der Waals surface area contributed by atoms with E-state index in [0.29, 0.717) is 36.9 Å². The minimum absolute atomic E-state index is 0.237. The number of hydrogen-bond donors (Lipinski definition) is 1. The third-order valence-corrected chi connectivity index (χ3v) is 3.46. The van der Waals surface area contributed by atoms with Gasteiger partial charge in [-0.05, 0) is 13.3 Å². The summed E-state index contributed by atoms with van der Waals surface area (Å²) in [4.78, 5) is 16.5. The topological polar surface area (TPSA) is 83.7 Å². The third kappa shape index (κ3) is 5.65. The zero-order chi connectivity index (χ0) is 14.1. The van der Waals surface area contributed by atoms with E-state index in [-0.39, 0.29) is 12.6 Å². The summed E-state index contributed by atoms with van der Waals surface area (Å²) in [5, 5.41) is 0.736. The number of esters is 1. The van der Waals surface area contributed by atoms with Crippen LogP contribution < -0.4 is 5.73 Å². The molecule has 0 unspecified atom stereocenters. The van der Waals surface area contributed by atoms with E-state index in [1.165, 1.54) is 11.3 Å². The van der Waals surface area contributed by atoms with E-state index >= 15 is 0 Å². The quantitative estimate of drug-likeness (QED) is 0.541. The number of nitrogens with zero attached hydrogens (tertiary/aromatic N) is 1. The van der Waals surface area contributed by atoms with Crippen LogP contribution in [-0.2, 0) is 20.8 Å². The first-order valence-corrected chi connectivity index (χ1v) is 6.90. The number of hydrogen-bond acceptors (Lipinski definition) is 7. The van der Waals surface area contributed by atoms with Gasteiger partial charge in [0.15, 0.2) is 0 Å². The Morgan fingerprint density at radius 3 is 2.74 bits per heavy atom. The molecule has 1 heterocycles. The molecule has 0 saturated heterocycles. The zero-order valence-electron chi connectivity index (χ0n) is 11.3. The van der Waals surface area contributed by atoms with Crippen molar-refractivity contribution in [2.45, 2.75) is 19.9 Å². The standard InChI is InChI=1S/C12H20N2O4S/c1-9-11(19-10(8-13)14-9)12(15)18-7-6-17-5-3-4-16-2/h3-8,13H2,1-2H3. The van der Waals surface area contributed by atoms with Crippen molar-refractivity contribution in [3.8, 4) is 0 Å². The van der Waals surface area contributed by atoms with Gasteiger partial charge < -0.3 is 19.9 Å². The highest BCUT2D eigenvalue weighted by molar-refractivity contribution is 7.13. The van der Waals surface area contributed by atoms with Crippen LogP contribution in [0.4, 0.5) is 0 Å². The van der Waals surface area contributed by atoms with Gasteiger partial charge in [0.25, 0.3) is 0 Å². The minimum atomic E-state index is -0.366. The molecule has 0 fully saturated rings. The molecule has 0 saturated carbocycles. The summed E-state index contributed by atoms with van der Waals surface area (Å²) in [5.74, 6) is -0.366. The predicted octanol–water partition coefficient (Wildman–Crippen LogP) is 1.12. The summed E-state index contributed by atoms with van der Waals surface area (Å²) < 4.78 is 15.3. The molecule has 0 spiro atoms. The molecule has 19 heavy (non-hydrogen) atoms. The second-order valence-electron chi connectivity index (χ2n) is 3.82. The average molecular weight is 288 g/mol. The average Bonchev–Trinajstić information content (AvgIpc) is 2.79. The Balaban J connectivity index is 2.22. The van der Waals surface area contributed by atoms with Gasteiger partial charge in [-0.1, -0.05) is 0 Å². The van der Waals surface area contributed by atoms with Gasteiger partial charge in [0.1, 0.15) is 16.5 Å². The first-order valence-electron chi connectivity index (χ1n) is 6.09. The first-order chi connectivity index (χ1) is 9.19. The molecule has 1 rings (SSSR count). The number of nitrogens with two attached hydrogens (primary N) is 1. The Bertz CT molecular complexity index is 395. The summed E-state index contributed by atoms with van der Waals surface area (Å²) in [7, 11) is 1.65. The SMILES string of the molecule is COCCCOCCOC(=O)c1sc(CN)nc1C. The van der Waals surface area contributed by atoms with Crippen molar-refractivity contribution in [3.05, 3.63) is 15.6 Å². The molecule has 0 aromatic carbocycles. The largest absolute Gasteiger partial charge is 0.459 e. The number of rotatable bonds is 9. The Morgan fingerprint density at radius 1 is 1.32 bits per heavy atom. The van der Waals surface area contributed by atoms with E-state index in [1.807, 2.05) is 0 Å². The first kappa shape index (κ1) is 16.0. The molecule has 0 aliphatic carbocycles. The zero-order valence-corrected chi connectivity index (χ0v) is 12.1. The second-order valence-corrected chi connectivity index (χ2v) is 4.90. The van der Waals surface area contributed by atoms with Crippen molar-refractivity contribution >= 4 is 17.3 Å². The Labute approximate surface area is 116 Å². The lowest BCUT2D eigenvalue weighted by Crippen LogP contribution is -2.11. The second kappa shape index (κ2) is 8.98. The maximum absolute atomic E-state index is 11.8. The van der Waals surface area contributed by atoms with Gasteiger partial charge in [-0.2, -0.15) is 0 Å². The van der Waals surface area contributed by atoms with E-state index in [2.05, 4.69) is 4.98 Å². The number of carbonyl (C=O) groups excluding carboxylic acids is 1. The van der Waals surface area contributed by atoms with Gasteiger partial charge >= 0.3 is 5.97 Å². The molecule has 0 atom stereocenters. The molecular weight excluding hydrogens is 268 g/mol. The highest BCUT2D eigenvalue weighted by atomic mass is 32.1. The van der Waals surface area contributed by atoms with Crippen LogP contribution >= 0.6 is 11.3 Å². The highest BCUT2D eigenvalue weighted by Crippen LogP contribution is 2.18. The highest BCUT2D eigenvalue weighted by Gasteiger charge is 2.15. The van der Waals surface area contributed by atoms with Gasteiger partial charge in [0.2, 0.25) is 0 Å². The van der Waals surface area contributed by atoms with Crippen molar-refractivity contribution in [2.24, 2.45) is 5.73 Å². The van der Waals surface area contributed by atoms with Crippen LogP contribution in [0.25, 0.3) is 0 Å². The van der Waals surface area contributed by atoms with Crippen LogP contribution in [0.1, 0.15) is 26.8 Å². The fourth-order valence-corrected chi connectivity index (χ4v) is 2.23. The van der Waals surface area contributed by atoms with Crippen molar-refractivity contribution < 1.29 is 19.0 Å². The van der Waals surface area contributed by atoms with Crippen LogP contribution in [0.2, 0.25) is 0 Å². The monoisotopic (exact) mass is 288 g/mol. The van der Waals surface area contributed by atoms with E-state index in [4.69, 9.17) is 19.9 Å². The smallest absolute Gasteiger partial charge is 0.350 e. The lowest BCUT2D eigenvalue weighted by Gasteiger charge is -2.05. The van der Waals surface area contributed by atoms with Crippen LogP contribution in [0.3, 0.4) is 0 Å². The summed E-state index contributed by atoms with van der Waals surface area (Å²) >= 11 is 1.27. The number of ether oxygens (including phenoxy) is 3. The molecule has 1 aromatic rings. The van der Waals surface area contributed by atoms with E-state index in [9.17, 15) is 4.79 Å². The number of carbonyl (C=O) groups is 1. The number of methoxy groups -OCH3 is 1. The summed E-state index contributed by atoms with van der Waals surface area (Å²) in [6.07, 6.45) is 0.832. The molecule has 0 amide bonds. The molecule has 0 aliphatic heterocycles. The van der Waals surface area contributed by atoms with Crippen molar-refractivity contribution in [2.75, 3.05) is 33.5 Å². The molecule has 6 nitrogen and oxygen atoms in total. The molecule has 2 N–H and O–H groups in total.